The van der Waals surface area contributed by atoms with Gasteiger partial charge in [-0.15, -0.1) is 0 Å². The summed E-state index contributed by atoms with van der Waals surface area (Å²) in [7, 11) is 0. The lowest BCUT2D eigenvalue weighted by Gasteiger charge is -2.23. The maximum absolute atomic E-state index is 5.90. The van der Waals surface area contributed by atoms with Crippen molar-refractivity contribution in [2.45, 2.75) is 36.9 Å². The highest BCUT2D eigenvalue weighted by atomic mass is 35.5. The van der Waals surface area contributed by atoms with E-state index in [1.165, 1.54) is 31.0 Å². The van der Waals surface area contributed by atoms with Crippen LogP contribution in [0.25, 0.3) is 0 Å². The van der Waals surface area contributed by atoms with Crippen molar-refractivity contribution < 1.29 is 4.74 Å². The smallest absolute Gasteiger partial charge is 0.218 e. The summed E-state index contributed by atoms with van der Waals surface area (Å²) in [6, 6.07) is 2.24. The first-order valence-corrected chi connectivity index (χ1v) is 7.83. The minimum absolute atomic E-state index is 0.431. The van der Waals surface area contributed by atoms with Crippen molar-refractivity contribution in [2.75, 3.05) is 19.4 Å². The molecular weight excluding hydrogens is 270 g/mol. The van der Waals surface area contributed by atoms with Crippen molar-refractivity contribution in [1.29, 1.82) is 0 Å². The van der Waals surface area contributed by atoms with E-state index in [1.807, 2.05) is 6.26 Å². The van der Waals surface area contributed by atoms with Gasteiger partial charge in [0.2, 0.25) is 5.88 Å². The molecule has 2 heterocycles. The zero-order valence-corrected chi connectivity index (χ0v) is 12.1. The molecule has 0 saturated carbocycles. The van der Waals surface area contributed by atoms with E-state index in [4.69, 9.17) is 16.3 Å². The minimum Gasteiger partial charge on any atom is -0.477 e. The van der Waals surface area contributed by atoms with Crippen LogP contribution in [0.1, 0.15) is 25.7 Å². The molecule has 4 nitrogen and oxygen atoms in total. The number of thioether (sulfide) groups is 1. The van der Waals surface area contributed by atoms with E-state index in [0.717, 1.165) is 13.0 Å². The summed E-state index contributed by atoms with van der Waals surface area (Å²) < 4.78 is 5.64. The lowest BCUT2D eigenvalue weighted by atomic mass is 10.0. The number of piperidine rings is 1. The Hall–Kier alpha value is -0.520. The molecule has 0 aliphatic carbocycles. The largest absolute Gasteiger partial charge is 0.477 e. The fraction of sp³-hybridized carbons (Fsp3) is 0.667. The van der Waals surface area contributed by atoms with Gasteiger partial charge in [0.25, 0.3) is 0 Å². The third kappa shape index (κ3) is 4.30. The summed E-state index contributed by atoms with van der Waals surface area (Å²) in [6.07, 6.45) is 6.77. The number of halogens is 1. The van der Waals surface area contributed by atoms with Crippen LogP contribution in [-0.4, -0.2) is 35.4 Å². The third-order valence-electron chi connectivity index (χ3n) is 2.96. The Balaban J connectivity index is 1.80. The van der Waals surface area contributed by atoms with Crippen molar-refractivity contribution in [3.63, 3.8) is 0 Å². The van der Waals surface area contributed by atoms with Crippen molar-refractivity contribution in [2.24, 2.45) is 0 Å². The Morgan fingerprint density at radius 3 is 3.11 bits per heavy atom. The molecule has 0 amide bonds. The lowest BCUT2D eigenvalue weighted by Crippen LogP contribution is -2.35. The molecular formula is C12H18ClN3OS. The second-order valence-corrected chi connectivity index (χ2v) is 5.46. The predicted molar refractivity (Wildman–Crippen MR) is 74.6 cm³/mol. The van der Waals surface area contributed by atoms with Gasteiger partial charge in [-0.1, -0.05) is 29.8 Å². The number of nitrogens with zero attached hydrogens (tertiary/aromatic N) is 2. The number of ether oxygens (including phenoxy) is 1. The molecule has 0 bridgehead atoms. The van der Waals surface area contributed by atoms with E-state index in [0.29, 0.717) is 28.8 Å². The standard InChI is InChI=1S/C12H18ClN3OS/c1-18-12-15-10(13)8-11(16-12)17-7-5-9-4-2-3-6-14-9/h8-9,14H,2-7H2,1H3/t9-/m0/s1. The van der Waals surface area contributed by atoms with Gasteiger partial charge in [0.05, 0.1) is 6.61 Å². The third-order valence-corrected chi connectivity index (χ3v) is 3.70. The first kappa shape index (κ1) is 13.9. The van der Waals surface area contributed by atoms with Crippen LogP contribution in [0.3, 0.4) is 0 Å². The van der Waals surface area contributed by atoms with E-state index in [2.05, 4.69) is 15.3 Å². The summed E-state index contributed by atoms with van der Waals surface area (Å²) in [4.78, 5) is 8.33. The van der Waals surface area contributed by atoms with E-state index in [-0.39, 0.29) is 0 Å². The van der Waals surface area contributed by atoms with Gasteiger partial charge in [-0.05, 0) is 32.1 Å². The highest BCUT2D eigenvalue weighted by molar-refractivity contribution is 7.98. The van der Waals surface area contributed by atoms with E-state index in [1.54, 1.807) is 6.07 Å². The Labute approximate surface area is 117 Å². The van der Waals surface area contributed by atoms with E-state index >= 15 is 0 Å². The molecule has 1 aromatic heterocycles. The minimum atomic E-state index is 0.431. The SMILES string of the molecule is CSc1nc(Cl)cc(OCC[C@@H]2CCCCN2)n1. The van der Waals surface area contributed by atoms with Crippen LogP contribution in [0, 0.1) is 0 Å². The molecule has 0 unspecified atom stereocenters. The summed E-state index contributed by atoms with van der Waals surface area (Å²) in [5.74, 6) is 0.565. The molecule has 0 radical (unpaired) electrons. The topological polar surface area (TPSA) is 47.0 Å². The van der Waals surface area contributed by atoms with Crippen LogP contribution in [0.15, 0.2) is 11.2 Å². The fourth-order valence-electron chi connectivity index (χ4n) is 2.02. The van der Waals surface area contributed by atoms with Crippen molar-refractivity contribution in [3.8, 4) is 5.88 Å². The first-order chi connectivity index (χ1) is 8.78. The van der Waals surface area contributed by atoms with Gasteiger partial charge < -0.3 is 10.1 Å². The van der Waals surface area contributed by atoms with Gasteiger partial charge in [-0.3, -0.25) is 0 Å². The molecule has 100 valence electrons. The average molecular weight is 288 g/mol. The predicted octanol–water partition coefficient (Wildman–Crippen LogP) is 2.76. The quantitative estimate of drug-likeness (QED) is 0.513. The Morgan fingerprint density at radius 1 is 1.50 bits per heavy atom. The van der Waals surface area contributed by atoms with Gasteiger partial charge in [-0.2, -0.15) is 4.98 Å². The first-order valence-electron chi connectivity index (χ1n) is 6.22. The molecule has 1 fully saturated rings. The molecule has 1 aromatic rings. The van der Waals surface area contributed by atoms with Crippen LogP contribution >= 0.6 is 23.4 Å². The van der Waals surface area contributed by atoms with E-state index < -0.39 is 0 Å². The highest BCUT2D eigenvalue weighted by Crippen LogP contribution is 2.19. The molecule has 1 atom stereocenters. The van der Waals surface area contributed by atoms with Gasteiger partial charge in [0.15, 0.2) is 5.16 Å². The zero-order chi connectivity index (χ0) is 12.8. The van der Waals surface area contributed by atoms with Gasteiger partial charge in [0.1, 0.15) is 5.15 Å². The summed E-state index contributed by atoms with van der Waals surface area (Å²) >= 11 is 7.36. The second-order valence-electron chi connectivity index (χ2n) is 4.30. The number of rotatable bonds is 5. The number of hydrogen-bond acceptors (Lipinski definition) is 5. The Kier molecular flexibility index (Phi) is 5.53. The summed E-state index contributed by atoms with van der Waals surface area (Å²) in [6.45, 7) is 1.79. The van der Waals surface area contributed by atoms with Crippen LogP contribution in [0.4, 0.5) is 0 Å². The average Bonchev–Trinajstić information content (AvgIpc) is 2.39. The van der Waals surface area contributed by atoms with Crippen LogP contribution in [0.5, 0.6) is 5.88 Å². The van der Waals surface area contributed by atoms with Gasteiger partial charge in [0, 0.05) is 12.1 Å². The molecule has 18 heavy (non-hydrogen) atoms. The molecule has 1 aliphatic rings. The maximum atomic E-state index is 5.90. The molecule has 1 N–H and O–H groups in total. The monoisotopic (exact) mass is 287 g/mol. The Morgan fingerprint density at radius 2 is 2.39 bits per heavy atom. The molecule has 1 aliphatic heterocycles. The van der Waals surface area contributed by atoms with Crippen LogP contribution in [-0.2, 0) is 0 Å². The number of aromatic nitrogens is 2. The number of nitrogens with one attached hydrogen (secondary N) is 1. The zero-order valence-electron chi connectivity index (χ0n) is 10.5. The fourth-order valence-corrected chi connectivity index (χ4v) is 2.61. The van der Waals surface area contributed by atoms with Gasteiger partial charge in [-0.25, -0.2) is 4.98 Å². The molecule has 0 aromatic carbocycles. The van der Waals surface area contributed by atoms with Crippen molar-refractivity contribution in [3.05, 3.63) is 11.2 Å². The van der Waals surface area contributed by atoms with Crippen LogP contribution < -0.4 is 10.1 Å². The van der Waals surface area contributed by atoms with E-state index in [9.17, 15) is 0 Å². The van der Waals surface area contributed by atoms with Crippen LogP contribution in [0.2, 0.25) is 5.15 Å². The molecule has 0 spiro atoms. The normalized spacial score (nSPS) is 19.8. The van der Waals surface area contributed by atoms with Gasteiger partial charge >= 0.3 is 0 Å². The Bertz CT molecular complexity index is 386. The molecule has 1 saturated heterocycles. The lowest BCUT2D eigenvalue weighted by molar-refractivity contribution is 0.258. The van der Waals surface area contributed by atoms with Crippen molar-refractivity contribution in [1.82, 2.24) is 15.3 Å². The van der Waals surface area contributed by atoms with Crippen molar-refractivity contribution >= 4 is 23.4 Å². The number of hydrogen-bond donors (Lipinski definition) is 1. The second kappa shape index (κ2) is 7.16. The summed E-state index contributed by atoms with van der Waals surface area (Å²) in [5.41, 5.74) is 0. The molecule has 6 heteroatoms. The summed E-state index contributed by atoms with van der Waals surface area (Å²) in [5, 5.41) is 4.57. The maximum Gasteiger partial charge on any atom is 0.218 e. The molecule has 2 rings (SSSR count). The highest BCUT2D eigenvalue weighted by Gasteiger charge is 2.12.